The highest BCUT2D eigenvalue weighted by atomic mass is 19.1. The third kappa shape index (κ3) is 3.12. The van der Waals surface area contributed by atoms with Crippen LogP contribution in [0.4, 0.5) is 16.0 Å². The van der Waals surface area contributed by atoms with Gasteiger partial charge < -0.3 is 20.2 Å². The fraction of sp³-hybridized carbons (Fsp3) is 0.238. The number of nitrogen functional groups attached to an aromatic ring is 1. The average molecular weight is 409 g/mol. The molecule has 0 spiro atoms. The third-order valence-electron chi connectivity index (χ3n) is 4.93. The van der Waals surface area contributed by atoms with Crippen LogP contribution in [-0.2, 0) is 13.5 Å². The van der Waals surface area contributed by atoms with Gasteiger partial charge >= 0.3 is 0 Å². The molecule has 0 fully saturated rings. The number of ether oxygens (including phenoxy) is 1. The van der Waals surface area contributed by atoms with Gasteiger partial charge in [-0.25, -0.2) is 14.1 Å². The van der Waals surface area contributed by atoms with Crippen LogP contribution in [-0.4, -0.2) is 32.6 Å². The van der Waals surface area contributed by atoms with E-state index >= 15 is 0 Å². The second-order valence-electron chi connectivity index (χ2n) is 6.93. The summed E-state index contributed by atoms with van der Waals surface area (Å²) in [5, 5.41) is 4.15. The van der Waals surface area contributed by atoms with Crippen LogP contribution in [0.1, 0.15) is 38.8 Å². The zero-order valence-corrected chi connectivity index (χ0v) is 16.2. The van der Waals surface area contributed by atoms with E-state index < -0.39 is 24.8 Å². The number of pyridine rings is 1. The number of carbonyl (C=O) groups excluding carboxylic acids is 1. The van der Waals surface area contributed by atoms with Crippen LogP contribution in [0.25, 0.3) is 16.0 Å². The van der Waals surface area contributed by atoms with Gasteiger partial charge in [0.2, 0.25) is 0 Å². The van der Waals surface area contributed by atoms with E-state index in [9.17, 15) is 9.18 Å². The van der Waals surface area contributed by atoms with Gasteiger partial charge in [-0.1, -0.05) is 6.57 Å². The Kier molecular flexibility index (Phi) is 3.80. The molecule has 0 aliphatic carbocycles. The van der Waals surface area contributed by atoms with E-state index in [2.05, 4.69) is 14.9 Å². The number of nitrogens with two attached hydrogens (primary N) is 1. The van der Waals surface area contributed by atoms with Crippen molar-refractivity contribution >= 4 is 17.5 Å². The maximum atomic E-state index is 14.0. The summed E-state index contributed by atoms with van der Waals surface area (Å²) in [4.78, 5) is 22.1. The Morgan fingerprint density at radius 2 is 2.23 bits per heavy atom. The molecule has 3 aromatic rings. The predicted octanol–water partition coefficient (Wildman–Crippen LogP) is 3.48. The van der Waals surface area contributed by atoms with Crippen molar-refractivity contribution in [3.8, 4) is 16.9 Å². The molecule has 0 saturated carbocycles. The van der Waals surface area contributed by atoms with E-state index in [1.807, 2.05) is 0 Å². The minimum Gasteiger partial charge on any atom is -0.482 e. The smallest absolute Gasteiger partial charge is 0.260 e. The van der Waals surface area contributed by atoms with Gasteiger partial charge in [0.15, 0.2) is 11.6 Å². The Morgan fingerprint density at radius 3 is 2.97 bits per heavy atom. The number of carbonyl (C=O) groups is 1. The van der Waals surface area contributed by atoms with Crippen molar-refractivity contribution in [1.82, 2.24) is 19.7 Å². The van der Waals surface area contributed by atoms with Crippen LogP contribution in [0.2, 0.25) is 0 Å². The average Bonchev–Trinajstić information content (AvgIpc) is 3.12. The molecule has 2 bridgehead atoms. The quantitative estimate of drug-likeness (QED) is 0.574. The van der Waals surface area contributed by atoms with Crippen LogP contribution in [0.5, 0.6) is 5.75 Å². The number of hydrogen-bond donors (Lipinski definition) is 1. The van der Waals surface area contributed by atoms with Crippen molar-refractivity contribution < 1.29 is 18.0 Å². The number of aryl methyl sites for hydroxylation is 1. The molecule has 1 aliphatic rings. The molecule has 0 unspecified atom stereocenters. The first kappa shape index (κ1) is 15.9. The second kappa shape index (κ2) is 7.15. The van der Waals surface area contributed by atoms with Crippen molar-refractivity contribution in [2.75, 3.05) is 12.8 Å². The number of halogens is 1. The molecule has 0 saturated heterocycles. The van der Waals surface area contributed by atoms with E-state index in [0.29, 0.717) is 15.8 Å². The second-order valence-corrected chi connectivity index (χ2v) is 6.93. The predicted molar refractivity (Wildman–Crippen MR) is 108 cm³/mol. The fourth-order valence-electron chi connectivity index (χ4n) is 3.47. The number of benzene rings is 1. The van der Waals surface area contributed by atoms with Gasteiger partial charge in [0.05, 0.1) is 17.6 Å². The summed E-state index contributed by atoms with van der Waals surface area (Å²) in [6.07, 6.45) is 0.615. The zero-order chi connectivity index (χ0) is 24.1. The molecule has 1 amide bonds. The Morgan fingerprint density at radius 1 is 1.43 bits per heavy atom. The van der Waals surface area contributed by atoms with E-state index in [1.54, 1.807) is 6.92 Å². The van der Waals surface area contributed by atoms with Crippen LogP contribution >= 0.6 is 0 Å². The van der Waals surface area contributed by atoms with E-state index in [1.165, 1.54) is 42.4 Å². The maximum Gasteiger partial charge on any atom is 0.260 e. The van der Waals surface area contributed by atoms with Gasteiger partial charge in [0.1, 0.15) is 17.6 Å². The van der Waals surface area contributed by atoms with Gasteiger partial charge in [0.25, 0.3) is 11.7 Å². The lowest BCUT2D eigenvalue weighted by Gasteiger charge is -2.23. The van der Waals surface area contributed by atoms with Crippen LogP contribution < -0.4 is 10.5 Å². The summed E-state index contributed by atoms with van der Waals surface area (Å²) >= 11 is 0. The lowest BCUT2D eigenvalue weighted by Crippen LogP contribution is -2.28. The van der Waals surface area contributed by atoms with Crippen LogP contribution in [0.3, 0.4) is 0 Å². The van der Waals surface area contributed by atoms with Gasteiger partial charge in [-0.05, 0) is 36.8 Å². The lowest BCUT2D eigenvalue weighted by molar-refractivity contribution is 0.0778. The van der Waals surface area contributed by atoms with Crippen molar-refractivity contribution in [2.45, 2.75) is 19.6 Å². The number of fused-ring (bicyclic) bond motifs is 5. The monoisotopic (exact) mass is 409 g/mol. The lowest BCUT2D eigenvalue weighted by atomic mass is 10.0. The van der Waals surface area contributed by atoms with Crippen molar-refractivity contribution in [1.29, 1.82) is 0 Å². The zero-order valence-electron chi connectivity index (χ0n) is 19.2. The first-order chi connectivity index (χ1) is 15.5. The molecule has 30 heavy (non-hydrogen) atoms. The minimum absolute atomic E-state index is 0.0400. The highest BCUT2D eigenvalue weighted by Crippen LogP contribution is 2.38. The molecule has 1 aliphatic heterocycles. The third-order valence-corrected chi connectivity index (χ3v) is 4.93. The molecule has 2 N–H and O–H groups in total. The van der Waals surface area contributed by atoms with Gasteiger partial charge in [0, 0.05) is 29.9 Å². The first-order valence-corrected chi connectivity index (χ1v) is 8.98. The maximum absolute atomic E-state index is 14.0. The summed E-state index contributed by atoms with van der Waals surface area (Å²) in [5.41, 5.74) is 7.25. The molecule has 8 nitrogen and oxygen atoms in total. The Hall–Kier alpha value is -3.93. The van der Waals surface area contributed by atoms with Crippen LogP contribution in [0.15, 0.2) is 30.5 Å². The van der Waals surface area contributed by atoms with E-state index in [-0.39, 0.29) is 40.8 Å². The SMILES string of the molecule is [2H]C([2H])([2H])n1nc2c(c1[N+]#[C-])-c1cnc(N)c(c1)O[C@H](C)c1cc(F)ccc1C(=O)N(C)C2. The molecule has 9 heteroatoms. The minimum atomic E-state index is -2.72. The molecule has 1 aromatic carbocycles. The number of hydrogen-bond acceptors (Lipinski definition) is 5. The molecular weight excluding hydrogens is 387 g/mol. The number of rotatable bonds is 0. The molecule has 0 radical (unpaired) electrons. The standard InChI is InChI=1S/C21H19FN6O2/c1-11-15-8-13(22)5-6-14(15)21(29)27(3)10-16-18(20(24-2)28(4)26-16)12-7-17(30-11)19(23)25-9-12/h5-9,11H,10H2,1,3-4H3,(H2,23,25)/t11-/m1/s1/i4D3. The molecule has 152 valence electrons. The van der Waals surface area contributed by atoms with E-state index in [0.717, 1.165) is 0 Å². The number of anilines is 1. The van der Waals surface area contributed by atoms with E-state index in [4.69, 9.17) is 21.2 Å². The topological polar surface area (TPSA) is 90.6 Å². The first-order valence-electron chi connectivity index (χ1n) is 10.5. The normalized spacial score (nSPS) is 17.8. The Bertz CT molecular complexity index is 1310. The van der Waals surface area contributed by atoms with Gasteiger partial charge in [-0.2, -0.15) is 0 Å². The van der Waals surface area contributed by atoms with Crippen LogP contribution in [0, 0.1) is 12.4 Å². The number of nitrogens with zero attached hydrogens (tertiary/aromatic N) is 5. The van der Waals surface area contributed by atoms with Crippen molar-refractivity contribution in [3.05, 3.63) is 64.5 Å². The molecular formula is C21H19FN6O2. The Balaban J connectivity index is 2.01. The highest BCUT2D eigenvalue weighted by molar-refractivity contribution is 5.96. The fourth-order valence-corrected chi connectivity index (χ4v) is 3.47. The summed E-state index contributed by atoms with van der Waals surface area (Å²) in [5.74, 6) is -1.03. The summed E-state index contributed by atoms with van der Waals surface area (Å²) < 4.78 is 44.0. The van der Waals surface area contributed by atoms with Gasteiger partial charge in [-0.15, -0.1) is 5.10 Å². The van der Waals surface area contributed by atoms with Gasteiger partial charge in [-0.3, -0.25) is 4.79 Å². The molecule has 4 rings (SSSR count). The largest absolute Gasteiger partial charge is 0.482 e. The van der Waals surface area contributed by atoms with Crippen molar-refractivity contribution in [3.63, 3.8) is 0 Å². The highest BCUT2D eigenvalue weighted by Gasteiger charge is 2.27. The number of aromatic nitrogens is 3. The molecule has 2 aromatic heterocycles. The number of amides is 1. The summed E-state index contributed by atoms with van der Waals surface area (Å²) in [6, 6.07) is 5.28. The Labute approximate surface area is 176 Å². The molecule has 1 atom stereocenters. The summed E-state index contributed by atoms with van der Waals surface area (Å²) in [7, 11) is 1.51. The molecule has 3 heterocycles. The van der Waals surface area contributed by atoms with Crippen molar-refractivity contribution in [2.24, 2.45) is 6.98 Å². The summed E-state index contributed by atoms with van der Waals surface area (Å²) in [6.45, 7) is 6.41.